The average molecular weight is 434 g/mol. The molecule has 6 nitrogen and oxygen atoms in total. The minimum Gasteiger partial charge on any atom is -0.391 e. The third-order valence-electron chi connectivity index (χ3n) is 5.47. The van der Waals surface area contributed by atoms with Crippen molar-refractivity contribution in [1.29, 1.82) is 0 Å². The molecule has 0 saturated carbocycles. The lowest BCUT2D eigenvalue weighted by Gasteiger charge is -2.26. The summed E-state index contributed by atoms with van der Waals surface area (Å²) in [4.78, 5) is 43.1. The summed E-state index contributed by atoms with van der Waals surface area (Å²) in [7, 11) is 1.73. The number of hydrogen-bond donors (Lipinski definition) is 2. The first-order valence-electron chi connectivity index (χ1n) is 10.0. The number of H-pyrrole nitrogens is 1. The molecule has 1 aliphatic rings. The van der Waals surface area contributed by atoms with E-state index < -0.39 is 17.7 Å². The highest BCUT2D eigenvalue weighted by atomic mass is 32.1. The van der Waals surface area contributed by atoms with E-state index in [0.29, 0.717) is 22.5 Å². The summed E-state index contributed by atoms with van der Waals surface area (Å²) in [5.41, 5.74) is 3.68. The Labute approximate surface area is 184 Å². The van der Waals surface area contributed by atoms with Gasteiger partial charge in [0.05, 0.1) is 11.6 Å². The molecule has 1 amide bonds. The highest BCUT2D eigenvalue weighted by Gasteiger charge is 2.47. The number of pyridine rings is 1. The number of aromatic amines is 1. The van der Waals surface area contributed by atoms with Crippen molar-refractivity contribution < 1.29 is 9.59 Å². The fourth-order valence-electron chi connectivity index (χ4n) is 4.05. The number of ketones is 1. The van der Waals surface area contributed by atoms with E-state index in [9.17, 15) is 14.4 Å². The lowest BCUT2D eigenvalue weighted by Crippen LogP contribution is -2.32. The Morgan fingerprint density at radius 3 is 2.39 bits per heavy atom. The lowest BCUT2D eigenvalue weighted by atomic mass is 9.93. The molecule has 2 N–H and O–H groups in total. The van der Waals surface area contributed by atoms with Gasteiger partial charge in [-0.05, 0) is 58.1 Å². The molecule has 1 fully saturated rings. The van der Waals surface area contributed by atoms with Gasteiger partial charge in [-0.3, -0.25) is 19.3 Å². The van der Waals surface area contributed by atoms with Crippen LogP contribution in [0.25, 0.3) is 11.1 Å². The minimum atomic E-state index is -0.804. The van der Waals surface area contributed by atoms with Crippen molar-refractivity contribution in [3.8, 4) is 11.1 Å². The zero-order chi connectivity index (χ0) is 22.1. The molecule has 158 valence electrons. The zero-order valence-electron chi connectivity index (χ0n) is 17.5. The van der Waals surface area contributed by atoms with E-state index in [2.05, 4.69) is 15.7 Å². The van der Waals surface area contributed by atoms with Crippen molar-refractivity contribution in [3.63, 3.8) is 0 Å². The molecule has 1 atom stereocenters. The van der Waals surface area contributed by atoms with Crippen LogP contribution in [0.5, 0.6) is 0 Å². The van der Waals surface area contributed by atoms with Crippen LogP contribution in [0.3, 0.4) is 0 Å². The van der Waals surface area contributed by atoms with Gasteiger partial charge in [0.2, 0.25) is 0 Å². The zero-order valence-corrected chi connectivity index (χ0v) is 18.3. The summed E-state index contributed by atoms with van der Waals surface area (Å²) in [5, 5.41) is 7.14. The number of carbonyl (C=O) groups is 2. The maximum absolute atomic E-state index is 13.2. The molecule has 4 rings (SSSR count). The van der Waals surface area contributed by atoms with E-state index in [-0.39, 0.29) is 11.5 Å². The Morgan fingerprint density at radius 2 is 1.81 bits per heavy atom. The Kier molecular flexibility index (Phi) is 5.61. The Morgan fingerprint density at radius 1 is 1.06 bits per heavy atom. The van der Waals surface area contributed by atoms with Crippen LogP contribution in [-0.4, -0.2) is 23.7 Å². The molecule has 0 aliphatic carbocycles. The van der Waals surface area contributed by atoms with Crippen LogP contribution in [0.1, 0.15) is 25.5 Å². The van der Waals surface area contributed by atoms with Gasteiger partial charge in [-0.2, -0.15) is 11.3 Å². The van der Waals surface area contributed by atoms with Crippen molar-refractivity contribution >= 4 is 28.7 Å². The number of carbonyl (C=O) groups excluding carboxylic acids is 2. The monoisotopic (exact) mass is 433 g/mol. The summed E-state index contributed by atoms with van der Waals surface area (Å²) in [6.45, 7) is 3.89. The second-order valence-electron chi connectivity index (χ2n) is 7.65. The van der Waals surface area contributed by atoms with Gasteiger partial charge in [0, 0.05) is 30.2 Å². The average Bonchev–Trinajstić information content (AvgIpc) is 3.38. The molecule has 3 aromatic rings. The first-order chi connectivity index (χ1) is 14.9. The number of anilines is 1. The van der Waals surface area contributed by atoms with Gasteiger partial charge in [-0.15, -0.1) is 0 Å². The highest BCUT2D eigenvalue weighted by molar-refractivity contribution is 7.08. The fraction of sp³-hybridized carbons (Fsp3) is 0.208. The number of aromatic nitrogens is 1. The van der Waals surface area contributed by atoms with Gasteiger partial charge >= 0.3 is 0 Å². The molecule has 3 heterocycles. The molecule has 31 heavy (non-hydrogen) atoms. The largest absolute Gasteiger partial charge is 0.391 e. The Hall–Kier alpha value is -3.45. The van der Waals surface area contributed by atoms with Gasteiger partial charge in [0.15, 0.2) is 0 Å². The van der Waals surface area contributed by atoms with Crippen molar-refractivity contribution in [2.75, 3.05) is 11.9 Å². The van der Waals surface area contributed by atoms with Crippen molar-refractivity contribution in [3.05, 3.63) is 86.6 Å². The molecular weight excluding hydrogens is 410 g/mol. The van der Waals surface area contributed by atoms with Crippen LogP contribution >= 0.6 is 11.3 Å². The molecule has 2 aromatic heterocycles. The second-order valence-corrected chi connectivity index (χ2v) is 8.43. The van der Waals surface area contributed by atoms with E-state index in [1.54, 1.807) is 30.5 Å². The number of nitrogens with one attached hydrogen (secondary N) is 2. The number of thiophene rings is 1. The van der Waals surface area contributed by atoms with Crippen molar-refractivity contribution in [1.82, 2.24) is 10.3 Å². The Bertz CT molecular complexity index is 1210. The highest BCUT2D eigenvalue weighted by Crippen LogP contribution is 2.40. The van der Waals surface area contributed by atoms with E-state index in [4.69, 9.17) is 0 Å². The minimum absolute atomic E-state index is 0.0250. The molecule has 1 aromatic carbocycles. The van der Waals surface area contributed by atoms with Crippen LogP contribution < -0.4 is 15.8 Å². The van der Waals surface area contributed by atoms with Crippen LogP contribution in [0.4, 0.5) is 5.69 Å². The molecule has 1 aliphatic heterocycles. The number of benzene rings is 1. The molecular formula is C24H23N3O3S. The van der Waals surface area contributed by atoms with E-state index >= 15 is 0 Å². The lowest BCUT2D eigenvalue weighted by molar-refractivity contribution is -0.132. The number of allylic oxidation sites excluding steroid dienone is 1. The number of rotatable bonds is 5. The molecule has 0 radical (unpaired) electrons. The third kappa shape index (κ3) is 3.61. The quantitative estimate of drug-likeness (QED) is 0.472. The maximum Gasteiger partial charge on any atom is 0.300 e. The molecule has 0 bridgehead atoms. The van der Waals surface area contributed by atoms with Crippen LogP contribution in [0, 0.1) is 5.92 Å². The molecule has 1 saturated heterocycles. The first-order valence-corrected chi connectivity index (χ1v) is 11.0. The van der Waals surface area contributed by atoms with Gasteiger partial charge in [0.25, 0.3) is 17.2 Å². The summed E-state index contributed by atoms with van der Waals surface area (Å²) in [6, 6.07) is 12.1. The molecule has 7 heteroatoms. The van der Waals surface area contributed by atoms with Crippen LogP contribution in [0.15, 0.2) is 75.5 Å². The molecule has 0 spiro atoms. The summed E-state index contributed by atoms with van der Waals surface area (Å²) < 4.78 is 0. The van der Waals surface area contributed by atoms with Crippen LogP contribution in [-0.2, 0) is 9.59 Å². The van der Waals surface area contributed by atoms with Gasteiger partial charge in [-0.25, -0.2) is 0 Å². The van der Waals surface area contributed by atoms with Gasteiger partial charge in [0.1, 0.15) is 0 Å². The van der Waals surface area contributed by atoms with E-state index in [1.807, 2.05) is 49.6 Å². The van der Waals surface area contributed by atoms with E-state index in [1.165, 1.54) is 11.1 Å². The van der Waals surface area contributed by atoms with Crippen molar-refractivity contribution in [2.24, 2.45) is 5.92 Å². The Balaban J connectivity index is 1.89. The summed E-state index contributed by atoms with van der Waals surface area (Å²) in [5.74, 6) is -1.25. The first kappa shape index (κ1) is 20.8. The SMILES string of the molecule is CN/C(=C1/C(=O)C(=O)N(c2ccc(-c3ccsc3)cc2)C1c1ccc[nH]c1=O)C(C)C. The predicted molar refractivity (Wildman–Crippen MR) is 123 cm³/mol. The van der Waals surface area contributed by atoms with Crippen LogP contribution in [0.2, 0.25) is 0 Å². The van der Waals surface area contributed by atoms with Gasteiger partial charge < -0.3 is 10.3 Å². The number of Topliss-reactive ketones (excluding diaryl/α,β-unsaturated/α-hetero) is 1. The number of amides is 1. The second kappa shape index (κ2) is 8.35. The predicted octanol–water partition coefficient (Wildman–Crippen LogP) is 3.89. The van der Waals surface area contributed by atoms with Crippen molar-refractivity contribution in [2.45, 2.75) is 19.9 Å². The third-order valence-corrected chi connectivity index (χ3v) is 6.15. The summed E-state index contributed by atoms with van der Waals surface area (Å²) >= 11 is 1.61. The van der Waals surface area contributed by atoms with Gasteiger partial charge in [-0.1, -0.05) is 26.0 Å². The topological polar surface area (TPSA) is 82.3 Å². The van der Waals surface area contributed by atoms with E-state index in [0.717, 1.165) is 11.1 Å². The maximum atomic E-state index is 13.2. The number of hydrogen-bond acceptors (Lipinski definition) is 5. The summed E-state index contributed by atoms with van der Waals surface area (Å²) in [6.07, 6.45) is 1.54. The standard InChI is InChI=1S/C24H23N3O3S/c1-14(2)20(25-3)19-21(18-5-4-11-26-23(18)29)27(24(30)22(19)28)17-8-6-15(7-9-17)16-10-12-31-13-16/h4-14,21,25H,1-3H3,(H,26,29)/b20-19+. The normalized spacial score (nSPS) is 18.1. The smallest absolute Gasteiger partial charge is 0.300 e. The fourth-order valence-corrected chi connectivity index (χ4v) is 4.72. The molecule has 1 unspecified atom stereocenters. The number of nitrogens with zero attached hydrogens (tertiary/aromatic N) is 1.